The molecule has 2 aromatic rings. The van der Waals surface area contributed by atoms with Crippen molar-refractivity contribution in [2.75, 3.05) is 12.4 Å². The summed E-state index contributed by atoms with van der Waals surface area (Å²) >= 11 is 0. The summed E-state index contributed by atoms with van der Waals surface area (Å²) < 4.78 is 30.0. The predicted molar refractivity (Wildman–Crippen MR) is 98.6 cm³/mol. The molecule has 0 aromatic heterocycles. The Morgan fingerprint density at radius 2 is 1.96 bits per heavy atom. The van der Waals surface area contributed by atoms with Crippen LogP contribution in [0, 0.1) is 5.82 Å². The van der Waals surface area contributed by atoms with E-state index in [-0.39, 0.29) is 18.5 Å². The molecule has 4 rings (SSSR count). The van der Waals surface area contributed by atoms with Crippen molar-refractivity contribution in [3.05, 3.63) is 58.9 Å². The molecule has 2 atom stereocenters. The fraction of sp³-hybridized carbons (Fsp3) is 0.333. The standard InChI is InChI=1S/C21H20FNO5/c1-20(16-9-13(22)4-7-17(16)26-3)11-21(2,28-20)19(25)23-14-5-6-15-12(8-14)10-27-18(15)24/h4-9H,10-11H2,1-3H3,(H,23,25). The zero-order valence-electron chi connectivity index (χ0n) is 15.8. The van der Waals surface area contributed by atoms with Crippen LogP contribution < -0.4 is 10.1 Å². The zero-order chi connectivity index (χ0) is 20.1. The fourth-order valence-corrected chi connectivity index (χ4v) is 3.98. The van der Waals surface area contributed by atoms with E-state index in [4.69, 9.17) is 14.2 Å². The lowest BCUT2D eigenvalue weighted by molar-refractivity contribution is -0.251. The summed E-state index contributed by atoms with van der Waals surface area (Å²) in [6.45, 7) is 3.69. The Balaban J connectivity index is 1.50. The summed E-state index contributed by atoms with van der Waals surface area (Å²) in [5, 5.41) is 2.82. The molecule has 0 radical (unpaired) electrons. The SMILES string of the molecule is COc1ccc(F)cc1C1(C)CC(C)(C(=O)Nc2ccc3c(c2)COC3=O)O1. The molecule has 0 saturated carbocycles. The Morgan fingerprint density at radius 1 is 1.21 bits per heavy atom. The predicted octanol–water partition coefficient (Wildman–Crippen LogP) is 3.54. The minimum atomic E-state index is -1.07. The number of carbonyl (C=O) groups is 2. The average molecular weight is 385 g/mol. The highest BCUT2D eigenvalue weighted by atomic mass is 19.1. The molecule has 0 bridgehead atoms. The molecule has 0 spiro atoms. The number of methoxy groups -OCH3 is 1. The zero-order valence-corrected chi connectivity index (χ0v) is 15.8. The second-order valence-electron chi connectivity index (χ2n) is 7.49. The Kier molecular flexibility index (Phi) is 4.15. The van der Waals surface area contributed by atoms with Crippen LogP contribution in [0.1, 0.15) is 41.8 Å². The molecule has 2 aliphatic heterocycles. The molecule has 2 aliphatic rings. The van der Waals surface area contributed by atoms with E-state index in [1.807, 2.05) is 0 Å². The maximum atomic E-state index is 13.7. The van der Waals surface area contributed by atoms with Crippen molar-refractivity contribution in [1.29, 1.82) is 0 Å². The first-order valence-electron chi connectivity index (χ1n) is 8.90. The molecule has 1 N–H and O–H groups in total. The lowest BCUT2D eigenvalue weighted by Gasteiger charge is -2.52. The van der Waals surface area contributed by atoms with E-state index in [2.05, 4.69) is 5.32 Å². The third kappa shape index (κ3) is 2.92. The normalized spacial score (nSPS) is 25.5. The minimum Gasteiger partial charge on any atom is -0.496 e. The summed E-state index contributed by atoms with van der Waals surface area (Å²) in [5.74, 6) is -0.559. The molecule has 28 heavy (non-hydrogen) atoms. The molecule has 1 amide bonds. The number of hydrogen-bond donors (Lipinski definition) is 1. The van der Waals surface area contributed by atoms with Crippen LogP contribution in [0.3, 0.4) is 0 Å². The largest absolute Gasteiger partial charge is 0.496 e. The first-order valence-corrected chi connectivity index (χ1v) is 8.90. The molecule has 7 heteroatoms. The smallest absolute Gasteiger partial charge is 0.338 e. The number of amides is 1. The van der Waals surface area contributed by atoms with Gasteiger partial charge in [0.25, 0.3) is 5.91 Å². The van der Waals surface area contributed by atoms with Crippen molar-refractivity contribution in [2.24, 2.45) is 0 Å². The number of carbonyl (C=O) groups excluding carboxylic acids is 2. The highest BCUT2D eigenvalue weighted by molar-refractivity contribution is 5.99. The molecule has 1 fully saturated rings. The van der Waals surface area contributed by atoms with Gasteiger partial charge in [0.2, 0.25) is 0 Å². The summed E-state index contributed by atoms with van der Waals surface area (Å²) in [6, 6.07) is 9.23. The summed E-state index contributed by atoms with van der Waals surface area (Å²) in [4.78, 5) is 24.3. The van der Waals surface area contributed by atoms with Crippen molar-refractivity contribution in [2.45, 2.75) is 38.1 Å². The number of nitrogens with one attached hydrogen (secondary N) is 1. The van der Waals surface area contributed by atoms with Crippen molar-refractivity contribution in [3.8, 4) is 5.75 Å². The van der Waals surface area contributed by atoms with Crippen LogP contribution in [0.5, 0.6) is 5.75 Å². The van der Waals surface area contributed by atoms with Gasteiger partial charge in [0.05, 0.1) is 18.3 Å². The number of ether oxygens (including phenoxy) is 3. The molecular formula is C21H20FNO5. The van der Waals surface area contributed by atoms with Crippen LogP contribution in [-0.4, -0.2) is 24.6 Å². The van der Waals surface area contributed by atoms with Crippen LogP contribution in [0.15, 0.2) is 36.4 Å². The Hall–Kier alpha value is -2.93. The molecule has 1 saturated heterocycles. The summed E-state index contributed by atoms with van der Waals surface area (Å²) in [6.07, 6.45) is 0.359. The number of esters is 1. The van der Waals surface area contributed by atoms with E-state index in [1.54, 1.807) is 38.1 Å². The molecule has 146 valence electrons. The number of hydrogen-bond acceptors (Lipinski definition) is 5. The van der Waals surface area contributed by atoms with Gasteiger partial charge < -0.3 is 19.5 Å². The van der Waals surface area contributed by atoms with E-state index >= 15 is 0 Å². The van der Waals surface area contributed by atoms with E-state index in [9.17, 15) is 14.0 Å². The van der Waals surface area contributed by atoms with Crippen molar-refractivity contribution in [3.63, 3.8) is 0 Å². The second kappa shape index (κ2) is 6.31. The highest BCUT2D eigenvalue weighted by Gasteiger charge is 2.56. The quantitative estimate of drug-likeness (QED) is 0.815. The number of benzene rings is 2. The van der Waals surface area contributed by atoms with Gasteiger partial charge in [-0.05, 0) is 50.2 Å². The Labute approximate surface area is 161 Å². The summed E-state index contributed by atoms with van der Waals surface area (Å²) in [5.41, 5.74) is 0.457. The van der Waals surface area contributed by atoms with Gasteiger partial charge in [0.1, 0.15) is 23.8 Å². The lowest BCUT2D eigenvalue weighted by atomic mass is 9.76. The van der Waals surface area contributed by atoms with Crippen LogP contribution >= 0.6 is 0 Å². The van der Waals surface area contributed by atoms with Gasteiger partial charge in [0, 0.05) is 23.2 Å². The first-order chi connectivity index (χ1) is 13.2. The molecule has 2 heterocycles. The van der Waals surface area contributed by atoms with E-state index in [1.165, 1.54) is 19.2 Å². The Morgan fingerprint density at radius 3 is 2.68 bits per heavy atom. The number of cyclic esters (lactones) is 1. The highest BCUT2D eigenvalue weighted by Crippen LogP contribution is 2.51. The van der Waals surface area contributed by atoms with Crippen LogP contribution in [-0.2, 0) is 26.5 Å². The van der Waals surface area contributed by atoms with Crippen molar-refractivity contribution in [1.82, 2.24) is 0 Å². The monoisotopic (exact) mass is 385 g/mol. The number of anilines is 1. The van der Waals surface area contributed by atoms with E-state index in [0.29, 0.717) is 29.0 Å². The van der Waals surface area contributed by atoms with Gasteiger partial charge >= 0.3 is 5.97 Å². The third-order valence-electron chi connectivity index (χ3n) is 5.28. The van der Waals surface area contributed by atoms with Crippen LogP contribution in [0.25, 0.3) is 0 Å². The van der Waals surface area contributed by atoms with E-state index < -0.39 is 17.0 Å². The maximum absolute atomic E-state index is 13.7. The third-order valence-corrected chi connectivity index (χ3v) is 5.28. The topological polar surface area (TPSA) is 73.9 Å². The minimum absolute atomic E-state index is 0.198. The summed E-state index contributed by atoms with van der Waals surface area (Å²) in [7, 11) is 1.51. The van der Waals surface area contributed by atoms with Gasteiger partial charge in [-0.3, -0.25) is 4.79 Å². The molecular weight excluding hydrogens is 365 g/mol. The maximum Gasteiger partial charge on any atom is 0.338 e. The molecule has 0 aliphatic carbocycles. The molecule has 2 unspecified atom stereocenters. The van der Waals surface area contributed by atoms with Gasteiger partial charge in [-0.2, -0.15) is 0 Å². The molecule has 2 aromatic carbocycles. The Bertz CT molecular complexity index is 981. The lowest BCUT2D eigenvalue weighted by Crippen LogP contribution is -2.60. The number of rotatable bonds is 4. The fourth-order valence-electron chi connectivity index (χ4n) is 3.98. The first kappa shape index (κ1) is 18.4. The van der Waals surface area contributed by atoms with Crippen LogP contribution in [0.4, 0.5) is 10.1 Å². The van der Waals surface area contributed by atoms with Gasteiger partial charge in [-0.25, -0.2) is 9.18 Å². The van der Waals surface area contributed by atoms with Gasteiger partial charge in [-0.15, -0.1) is 0 Å². The van der Waals surface area contributed by atoms with Crippen molar-refractivity contribution >= 4 is 17.6 Å². The number of fused-ring (bicyclic) bond motifs is 1. The van der Waals surface area contributed by atoms with Gasteiger partial charge in [0.15, 0.2) is 0 Å². The van der Waals surface area contributed by atoms with Gasteiger partial charge in [-0.1, -0.05) is 0 Å². The average Bonchev–Trinajstić information content (AvgIpc) is 3.00. The van der Waals surface area contributed by atoms with Crippen molar-refractivity contribution < 1.29 is 28.2 Å². The van der Waals surface area contributed by atoms with Crippen LogP contribution in [0.2, 0.25) is 0 Å². The second-order valence-corrected chi connectivity index (χ2v) is 7.49. The van der Waals surface area contributed by atoms with E-state index in [0.717, 1.165) is 5.56 Å². The number of halogens is 1. The molecule has 6 nitrogen and oxygen atoms in total.